The molecule has 122 valence electrons. The van der Waals surface area contributed by atoms with Crippen molar-refractivity contribution in [3.8, 4) is 5.69 Å². The Morgan fingerprint density at radius 1 is 1.48 bits per heavy atom. The molecule has 5 nitrogen and oxygen atoms in total. The van der Waals surface area contributed by atoms with Gasteiger partial charge >= 0.3 is 0 Å². The first-order valence-corrected chi connectivity index (χ1v) is 7.83. The highest BCUT2D eigenvalue weighted by Crippen LogP contribution is 2.22. The van der Waals surface area contributed by atoms with E-state index in [1.54, 1.807) is 42.4 Å². The van der Waals surface area contributed by atoms with Crippen LogP contribution in [-0.4, -0.2) is 44.9 Å². The Morgan fingerprint density at radius 3 is 2.96 bits per heavy atom. The molecule has 0 bridgehead atoms. The molecule has 1 aromatic heterocycles. The fourth-order valence-corrected chi connectivity index (χ4v) is 3.01. The van der Waals surface area contributed by atoms with E-state index in [0.29, 0.717) is 24.3 Å². The lowest BCUT2D eigenvalue weighted by molar-refractivity contribution is 0.0465. The number of halogens is 1. The quantitative estimate of drug-likeness (QED) is 0.944. The van der Waals surface area contributed by atoms with Crippen LogP contribution in [0.15, 0.2) is 36.7 Å². The fourth-order valence-electron chi connectivity index (χ4n) is 3.01. The van der Waals surface area contributed by atoms with Gasteiger partial charge in [0.05, 0.1) is 6.10 Å². The van der Waals surface area contributed by atoms with Crippen molar-refractivity contribution in [1.29, 1.82) is 0 Å². The summed E-state index contributed by atoms with van der Waals surface area (Å²) in [4.78, 5) is 14.3. The number of aliphatic hydroxyl groups excluding tert-OH is 1. The van der Waals surface area contributed by atoms with Gasteiger partial charge in [0.15, 0.2) is 0 Å². The first-order chi connectivity index (χ1) is 11.1. The molecule has 1 N–H and O–H groups in total. The molecule has 2 unspecified atom stereocenters. The second kappa shape index (κ2) is 6.50. The summed E-state index contributed by atoms with van der Waals surface area (Å²) in [5.41, 5.74) is 0.636. The van der Waals surface area contributed by atoms with Gasteiger partial charge in [0, 0.05) is 37.0 Å². The van der Waals surface area contributed by atoms with Crippen LogP contribution in [0.2, 0.25) is 0 Å². The van der Waals surface area contributed by atoms with Crippen LogP contribution in [-0.2, 0) is 0 Å². The SMILES string of the molecule is CC(O)C1CCCN(C(=O)c2ccc(-n3cccn3)c(F)c2)C1. The molecule has 1 fully saturated rings. The number of aromatic nitrogens is 2. The molecule has 2 atom stereocenters. The summed E-state index contributed by atoms with van der Waals surface area (Å²) in [6.45, 7) is 2.90. The molecule has 6 heteroatoms. The number of amides is 1. The minimum absolute atomic E-state index is 0.0842. The van der Waals surface area contributed by atoms with E-state index in [-0.39, 0.29) is 11.8 Å². The molecule has 2 aromatic rings. The Morgan fingerprint density at radius 2 is 2.30 bits per heavy atom. The molecular formula is C17H20FN3O2. The van der Waals surface area contributed by atoms with E-state index < -0.39 is 11.9 Å². The lowest BCUT2D eigenvalue weighted by Gasteiger charge is -2.34. The molecule has 1 aromatic carbocycles. The topological polar surface area (TPSA) is 58.4 Å². The molecule has 1 saturated heterocycles. The summed E-state index contributed by atoms with van der Waals surface area (Å²) < 4.78 is 15.7. The van der Waals surface area contributed by atoms with E-state index in [1.165, 1.54) is 10.7 Å². The molecule has 0 aliphatic carbocycles. The molecule has 2 heterocycles. The maximum atomic E-state index is 14.3. The summed E-state index contributed by atoms with van der Waals surface area (Å²) >= 11 is 0. The van der Waals surface area contributed by atoms with Crippen molar-refractivity contribution in [2.24, 2.45) is 5.92 Å². The number of hydrogen-bond acceptors (Lipinski definition) is 3. The Kier molecular flexibility index (Phi) is 4.43. The minimum Gasteiger partial charge on any atom is -0.393 e. The highest BCUT2D eigenvalue weighted by Gasteiger charge is 2.27. The van der Waals surface area contributed by atoms with E-state index in [2.05, 4.69) is 5.10 Å². The van der Waals surface area contributed by atoms with E-state index in [0.717, 1.165) is 12.8 Å². The van der Waals surface area contributed by atoms with Gasteiger partial charge in [-0.25, -0.2) is 9.07 Å². The van der Waals surface area contributed by atoms with E-state index in [1.807, 2.05) is 0 Å². The molecule has 0 radical (unpaired) electrons. The lowest BCUT2D eigenvalue weighted by Crippen LogP contribution is -2.43. The molecule has 0 spiro atoms. The number of carbonyl (C=O) groups is 1. The van der Waals surface area contributed by atoms with Gasteiger partial charge in [-0.1, -0.05) is 0 Å². The Hall–Kier alpha value is -2.21. The predicted octanol–water partition coefficient (Wildman–Crippen LogP) is 2.24. The summed E-state index contributed by atoms with van der Waals surface area (Å²) in [5.74, 6) is -0.592. The summed E-state index contributed by atoms with van der Waals surface area (Å²) in [7, 11) is 0. The number of hydrogen-bond donors (Lipinski definition) is 1. The van der Waals surface area contributed by atoms with Crippen LogP contribution >= 0.6 is 0 Å². The van der Waals surface area contributed by atoms with Crippen LogP contribution in [0.1, 0.15) is 30.1 Å². The minimum atomic E-state index is -0.483. The van der Waals surface area contributed by atoms with Crippen molar-refractivity contribution in [3.63, 3.8) is 0 Å². The third kappa shape index (κ3) is 3.27. The molecule has 0 saturated carbocycles. The van der Waals surface area contributed by atoms with Gasteiger partial charge in [0.25, 0.3) is 5.91 Å². The standard InChI is InChI=1S/C17H20FN3O2/c1-12(22)14-4-2-8-20(11-14)17(23)13-5-6-16(15(18)10-13)21-9-3-7-19-21/h3,5-7,9-10,12,14,22H,2,4,8,11H2,1H3. The highest BCUT2D eigenvalue weighted by molar-refractivity contribution is 5.94. The molecule has 1 aliphatic rings. The van der Waals surface area contributed by atoms with E-state index in [9.17, 15) is 14.3 Å². The number of piperidine rings is 1. The molecule has 1 amide bonds. The third-order valence-corrected chi connectivity index (χ3v) is 4.37. The summed E-state index contributed by atoms with van der Waals surface area (Å²) in [5, 5.41) is 13.7. The number of rotatable bonds is 3. The fraction of sp³-hybridized carbons (Fsp3) is 0.412. The van der Waals surface area contributed by atoms with Crippen LogP contribution < -0.4 is 0 Å². The molecule has 3 rings (SSSR count). The average Bonchev–Trinajstić information content (AvgIpc) is 3.08. The van der Waals surface area contributed by atoms with Gasteiger partial charge in [-0.15, -0.1) is 0 Å². The zero-order valence-corrected chi connectivity index (χ0v) is 13.0. The predicted molar refractivity (Wildman–Crippen MR) is 83.8 cm³/mol. The van der Waals surface area contributed by atoms with Crippen LogP contribution in [0, 0.1) is 11.7 Å². The zero-order valence-electron chi connectivity index (χ0n) is 13.0. The van der Waals surface area contributed by atoms with Gasteiger partial charge < -0.3 is 10.0 Å². The first-order valence-electron chi connectivity index (χ1n) is 7.83. The smallest absolute Gasteiger partial charge is 0.253 e. The average molecular weight is 317 g/mol. The van der Waals surface area contributed by atoms with Crippen molar-refractivity contribution < 1.29 is 14.3 Å². The van der Waals surface area contributed by atoms with Crippen molar-refractivity contribution >= 4 is 5.91 Å². The maximum Gasteiger partial charge on any atom is 0.253 e. The Labute approximate surface area is 134 Å². The van der Waals surface area contributed by atoms with Crippen LogP contribution in [0.25, 0.3) is 5.69 Å². The van der Waals surface area contributed by atoms with Gasteiger partial charge in [0.2, 0.25) is 0 Å². The monoisotopic (exact) mass is 317 g/mol. The number of likely N-dealkylation sites (tertiary alicyclic amines) is 1. The van der Waals surface area contributed by atoms with Crippen molar-refractivity contribution in [3.05, 3.63) is 48.0 Å². The highest BCUT2D eigenvalue weighted by atomic mass is 19.1. The van der Waals surface area contributed by atoms with Crippen molar-refractivity contribution in [2.75, 3.05) is 13.1 Å². The number of benzene rings is 1. The maximum absolute atomic E-state index is 14.3. The number of nitrogens with zero attached hydrogens (tertiary/aromatic N) is 3. The molecular weight excluding hydrogens is 297 g/mol. The van der Waals surface area contributed by atoms with Gasteiger partial charge in [-0.3, -0.25) is 4.79 Å². The number of aliphatic hydroxyl groups is 1. The van der Waals surface area contributed by atoms with E-state index in [4.69, 9.17) is 0 Å². The first kappa shape index (κ1) is 15.7. The van der Waals surface area contributed by atoms with E-state index >= 15 is 0 Å². The normalized spacial score (nSPS) is 19.6. The van der Waals surface area contributed by atoms with Crippen LogP contribution in [0.3, 0.4) is 0 Å². The lowest BCUT2D eigenvalue weighted by atomic mass is 9.93. The van der Waals surface area contributed by atoms with Crippen LogP contribution in [0.5, 0.6) is 0 Å². The number of carbonyl (C=O) groups excluding carboxylic acids is 1. The second-order valence-electron chi connectivity index (χ2n) is 6.01. The largest absolute Gasteiger partial charge is 0.393 e. The molecule has 1 aliphatic heterocycles. The van der Waals surface area contributed by atoms with Crippen LogP contribution in [0.4, 0.5) is 4.39 Å². The second-order valence-corrected chi connectivity index (χ2v) is 6.01. The zero-order chi connectivity index (χ0) is 16.4. The van der Waals surface area contributed by atoms with Crippen molar-refractivity contribution in [1.82, 2.24) is 14.7 Å². The van der Waals surface area contributed by atoms with Gasteiger partial charge in [0.1, 0.15) is 11.5 Å². The Balaban J connectivity index is 1.79. The Bertz CT molecular complexity index is 685. The van der Waals surface area contributed by atoms with Gasteiger partial charge in [-0.05, 0) is 44.0 Å². The van der Waals surface area contributed by atoms with Crippen molar-refractivity contribution in [2.45, 2.75) is 25.9 Å². The summed E-state index contributed by atoms with van der Waals surface area (Å²) in [6.07, 6.45) is 4.55. The summed E-state index contributed by atoms with van der Waals surface area (Å²) in [6, 6.07) is 6.15. The third-order valence-electron chi connectivity index (χ3n) is 4.37. The molecule has 23 heavy (non-hydrogen) atoms. The van der Waals surface area contributed by atoms with Gasteiger partial charge in [-0.2, -0.15) is 5.10 Å².